The molecule has 1 aromatic heterocycles. The van der Waals surface area contributed by atoms with Gasteiger partial charge in [0, 0.05) is 16.9 Å². The number of halogens is 1. The Hall–Kier alpha value is -5.14. The Morgan fingerprint density at radius 1 is 0.886 bits per heavy atom. The number of carbonyl (C=O) groups is 1. The van der Waals surface area contributed by atoms with E-state index in [4.69, 9.17) is 9.47 Å². The Morgan fingerprint density at radius 3 is 2.43 bits per heavy atom. The third-order valence-electron chi connectivity index (χ3n) is 7.42. The standard InChI is InChI=1S/C37H30BrN3O3/c1-25-15-20-34(28-10-4-3-5-11-28)41(25)31-18-16-29(17-19-31)37(42)40-39-23-26-21-33(38)36(35(22-26)43-2)44-24-30-13-8-12-27-9-6-7-14-32(27)30/h3-23H,24H2,1-2H3,(H,40,42)/b39-23-. The number of benzene rings is 5. The Morgan fingerprint density at radius 2 is 1.64 bits per heavy atom. The van der Waals surface area contributed by atoms with Crippen molar-refractivity contribution in [2.45, 2.75) is 13.5 Å². The van der Waals surface area contributed by atoms with Crippen molar-refractivity contribution in [2.24, 2.45) is 5.10 Å². The van der Waals surface area contributed by atoms with Crippen molar-refractivity contribution in [3.63, 3.8) is 0 Å². The summed E-state index contributed by atoms with van der Waals surface area (Å²) < 4.78 is 14.7. The van der Waals surface area contributed by atoms with Crippen LogP contribution in [0.15, 0.2) is 131 Å². The normalized spacial score (nSPS) is 11.2. The van der Waals surface area contributed by atoms with Gasteiger partial charge in [-0.15, -0.1) is 0 Å². The quantitative estimate of drug-likeness (QED) is 0.127. The molecule has 0 spiro atoms. The van der Waals surface area contributed by atoms with Crippen molar-refractivity contribution in [1.82, 2.24) is 9.99 Å². The minimum Gasteiger partial charge on any atom is -0.493 e. The molecule has 1 amide bonds. The number of nitrogens with zero attached hydrogens (tertiary/aromatic N) is 2. The SMILES string of the molecule is COc1cc(/C=N\NC(=O)c2ccc(-n3c(C)ccc3-c3ccccc3)cc2)cc(Br)c1OCc1cccc2ccccc12. The van der Waals surface area contributed by atoms with Crippen LogP contribution in [0.25, 0.3) is 27.7 Å². The maximum atomic E-state index is 12.9. The highest BCUT2D eigenvalue weighted by atomic mass is 79.9. The van der Waals surface area contributed by atoms with Crippen molar-refractivity contribution in [3.05, 3.63) is 148 Å². The molecule has 0 aliphatic heterocycles. The van der Waals surface area contributed by atoms with Gasteiger partial charge in [-0.1, -0.05) is 72.8 Å². The lowest BCUT2D eigenvalue weighted by Gasteiger charge is -2.14. The van der Waals surface area contributed by atoms with Crippen molar-refractivity contribution < 1.29 is 14.3 Å². The fourth-order valence-corrected chi connectivity index (χ4v) is 5.80. The Labute approximate surface area is 264 Å². The van der Waals surface area contributed by atoms with E-state index in [1.165, 1.54) is 0 Å². The summed E-state index contributed by atoms with van der Waals surface area (Å²) in [4.78, 5) is 12.9. The molecule has 0 unspecified atom stereocenters. The summed E-state index contributed by atoms with van der Waals surface area (Å²) >= 11 is 3.61. The molecule has 44 heavy (non-hydrogen) atoms. The molecule has 0 saturated heterocycles. The molecule has 1 N–H and O–H groups in total. The first-order valence-corrected chi connectivity index (χ1v) is 15.0. The average Bonchev–Trinajstić information content (AvgIpc) is 3.45. The van der Waals surface area contributed by atoms with Gasteiger partial charge in [-0.25, -0.2) is 5.43 Å². The lowest BCUT2D eigenvalue weighted by Crippen LogP contribution is -2.17. The number of hydrogen-bond donors (Lipinski definition) is 1. The number of aryl methyl sites for hydroxylation is 1. The Bertz CT molecular complexity index is 1960. The van der Waals surface area contributed by atoms with E-state index in [9.17, 15) is 4.79 Å². The summed E-state index contributed by atoms with van der Waals surface area (Å²) in [5, 5.41) is 6.50. The van der Waals surface area contributed by atoms with Gasteiger partial charge in [0.25, 0.3) is 5.91 Å². The number of aromatic nitrogens is 1. The van der Waals surface area contributed by atoms with Crippen LogP contribution in [-0.2, 0) is 6.61 Å². The predicted octanol–water partition coefficient (Wildman–Crippen LogP) is 8.72. The first-order valence-electron chi connectivity index (χ1n) is 14.2. The highest BCUT2D eigenvalue weighted by Crippen LogP contribution is 2.37. The second-order valence-corrected chi connectivity index (χ2v) is 11.1. The van der Waals surface area contributed by atoms with Gasteiger partial charge in [-0.2, -0.15) is 5.10 Å². The second-order valence-electron chi connectivity index (χ2n) is 10.3. The summed E-state index contributed by atoms with van der Waals surface area (Å²) in [6, 6.07) is 40.0. The van der Waals surface area contributed by atoms with Crippen LogP contribution < -0.4 is 14.9 Å². The van der Waals surface area contributed by atoms with E-state index in [0.717, 1.165) is 49.0 Å². The van der Waals surface area contributed by atoms with Crippen LogP contribution >= 0.6 is 15.9 Å². The maximum Gasteiger partial charge on any atom is 0.271 e. The van der Waals surface area contributed by atoms with Crippen LogP contribution in [-0.4, -0.2) is 23.8 Å². The van der Waals surface area contributed by atoms with Gasteiger partial charge in [-0.05, 0) is 98.8 Å². The topological polar surface area (TPSA) is 64.8 Å². The van der Waals surface area contributed by atoms with Crippen molar-refractivity contribution >= 4 is 38.8 Å². The lowest BCUT2D eigenvalue weighted by molar-refractivity contribution is 0.0955. The summed E-state index contributed by atoms with van der Waals surface area (Å²) in [7, 11) is 1.59. The average molecular weight is 645 g/mol. The van der Waals surface area contributed by atoms with Crippen molar-refractivity contribution in [1.29, 1.82) is 0 Å². The molecule has 0 saturated carbocycles. The summed E-state index contributed by atoms with van der Waals surface area (Å²) in [6.07, 6.45) is 1.57. The number of hydrazone groups is 1. The van der Waals surface area contributed by atoms with Crippen molar-refractivity contribution in [3.8, 4) is 28.4 Å². The van der Waals surface area contributed by atoms with Gasteiger partial charge >= 0.3 is 0 Å². The molecule has 0 fully saturated rings. The highest BCUT2D eigenvalue weighted by molar-refractivity contribution is 9.10. The zero-order valence-electron chi connectivity index (χ0n) is 24.3. The van der Waals surface area contributed by atoms with E-state index in [1.807, 2.05) is 60.7 Å². The number of rotatable bonds is 9. The van der Waals surface area contributed by atoms with Crippen LogP contribution in [0.1, 0.15) is 27.2 Å². The summed E-state index contributed by atoms with van der Waals surface area (Å²) in [5.74, 6) is 0.842. The smallest absolute Gasteiger partial charge is 0.271 e. The number of fused-ring (bicyclic) bond motifs is 1. The minimum absolute atomic E-state index is 0.304. The zero-order valence-corrected chi connectivity index (χ0v) is 25.9. The van der Waals surface area contributed by atoms with Crippen LogP contribution in [0, 0.1) is 6.92 Å². The maximum absolute atomic E-state index is 12.9. The van der Waals surface area contributed by atoms with E-state index < -0.39 is 0 Å². The van der Waals surface area contributed by atoms with Crippen molar-refractivity contribution in [2.75, 3.05) is 7.11 Å². The van der Waals surface area contributed by atoms with Crippen LogP contribution in [0.2, 0.25) is 0 Å². The molecule has 6 nitrogen and oxygen atoms in total. The fraction of sp³-hybridized carbons (Fsp3) is 0.0811. The van der Waals surface area contributed by atoms with Gasteiger partial charge in [0.15, 0.2) is 11.5 Å². The molecule has 5 aromatic carbocycles. The van der Waals surface area contributed by atoms with E-state index in [-0.39, 0.29) is 5.91 Å². The van der Waals surface area contributed by atoms with Crippen LogP contribution in [0.3, 0.4) is 0 Å². The van der Waals surface area contributed by atoms with E-state index >= 15 is 0 Å². The third-order valence-corrected chi connectivity index (χ3v) is 8.01. The predicted molar refractivity (Wildman–Crippen MR) is 180 cm³/mol. The first-order chi connectivity index (χ1) is 21.5. The van der Waals surface area contributed by atoms with E-state index in [0.29, 0.717) is 23.7 Å². The molecule has 0 bridgehead atoms. The Kier molecular flexibility index (Phi) is 8.57. The minimum atomic E-state index is -0.304. The van der Waals surface area contributed by atoms with E-state index in [1.54, 1.807) is 25.5 Å². The van der Waals surface area contributed by atoms with Gasteiger partial charge in [0.2, 0.25) is 0 Å². The third kappa shape index (κ3) is 6.14. The number of carbonyl (C=O) groups excluding carboxylic acids is 1. The molecule has 0 aliphatic rings. The molecule has 1 heterocycles. The lowest BCUT2D eigenvalue weighted by atomic mass is 10.1. The number of ether oxygens (including phenoxy) is 2. The number of hydrogen-bond acceptors (Lipinski definition) is 4. The Balaban J connectivity index is 1.13. The van der Waals surface area contributed by atoms with Gasteiger partial charge < -0.3 is 14.0 Å². The molecule has 6 aromatic rings. The van der Waals surface area contributed by atoms with Gasteiger partial charge in [0.05, 0.1) is 23.5 Å². The molecule has 7 heteroatoms. The van der Waals surface area contributed by atoms with Gasteiger partial charge in [-0.3, -0.25) is 4.79 Å². The molecule has 218 valence electrons. The monoisotopic (exact) mass is 643 g/mol. The first kappa shape index (κ1) is 29.0. The fourth-order valence-electron chi connectivity index (χ4n) is 5.23. The molecule has 0 atom stereocenters. The molecular weight excluding hydrogens is 614 g/mol. The van der Waals surface area contributed by atoms with Gasteiger partial charge in [0.1, 0.15) is 6.61 Å². The van der Waals surface area contributed by atoms with Crippen LogP contribution in [0.4, 0.5) is 0 Å². The molecular formula is C37H30BrN3O3. The molecule has 6 rings (SSSR count). The summed E-state index contributed by atoms with van der Waals surface area (Å²) in [6.45, 7) is 2.45. The molecule has 0 radical (unpaired) electrons. The zero-order chi connectivity index (χ0) is 30.5. The second kappa shape index (κ2) is 13.0. The van der Waals surface area contributed by atoms with Crippen LogP contribution in [0.5, 0.6) is 11.5 Å². The summed E-state index contributed by atoms with van der Waals surface area (Å²) in [5.41, 5.74) is 9.26. The molecule has 0 aliphatic carbocycles. The van der Waals surface area contributed by atoms with E-state index in [2.05, 4.69) is 86.5 Å². The number of amides is 1. The number of nitrogens with one attached hydrogen (secondary N) is 1. The largest absolute Gasteiger partial charge is 0.493 e. The highest BCUT2D eigenvalue weighted by Gasteiger charge is 2.14. The number of methoxy groups -OCH3 is 1.